The minimum absolute atomic E-state index is 0.525. The van der Waals surface area contributed by atoms with Crippen molar-refractivity contribution in [3.63, 3.8) is 0 Å². The van der Waals surface area contributed by atoms with Crippen molar-refractivity contribution in [2.24, 2.45) is 5.92 Å². The molecule has 0 unspecified atom stereocenters. The normalized spacial score (nSPS) is 19.8. The topological polar surface area (TPSA) is 0 Å². The van der Waals surface area contributed by atoms with E-state index in [1.165, 1.54) is 54.5 Å². The molecule has 2 heteroatoms. The van der Waals surface area contributed by atoms with Crippen molar-refractivity contribution in [3.05, 3.63) is 107 Å². The summed E-state index contributed by atoms with van der Waals surface area (Å²) in [6, 6.07) is 24.3. The Morgan fingerprint density at radius 1 is 0.774 bits per heavy atom. The summed E-state index contributed by atoms with van der Waals surface area (Å²) in [7, 11) is 0. The number of aryl methyl sites for hydroxylation is 1. The summed E-state index contributed by atoms with van der Waals surface area (Å²) in [5.41, 5.74) is 5.17. The van der Waals surface area contributed by atoms with Gasteiger partial charge in [-0.2, -0.15) is 0 Å². The molecule has 1 atom stereocenters. The predicted molar refractivity (Wildman–Crippen MR) is 124 cm³/mol. The van der Waals surface area contributed by atoms with Crippen LogP contribution in [0.3, 0.4) is 0 Å². The lowest BCUT2D eigenvalue weighted by Crippen LogP contribution is -2.14. The molecule has 0 bridgehead atoms. The fraction of sp³-hybridized carbons (Fsp3) is 0.379. The van der Waals surface area contributed by atoms with Gasteiger partial charge in [-0.15, -0.1) is 0 Å². The molecular weight excluding hydrogens is 386 g/mol. The molecule has 0 radical (unpaired) electrons. The zero-order valence-corrected chi connectivity index (χ0v) is 18.4. The van der Waals surface area contributed by atoms with Gasteiger partial charge in [-0.3, -0.25) is 0 Å². The number of hydrogen-bond donors (Lipinski definition) is 0. The highest BCUT2D eigenvalue weighted by Crippen LogP contribution is 2.37. The smallest absolute Gasteiger partial charge is 0.159 e. The Bertz CT molecular complexity index is 954. The summed E-state index contributed by atoms with van der Waals surface area (Å²) >= 11 is 0. The first kappa shape index (κ1) is 21.7. The van der Waals surface area contributed by atoms with Crippen molar-refractivity contribution < 1.29 is 8.78 Å². The monoisotopic (exact) mass is 418 g/mol. The van der Waals surface area contributed by atoms with E-state index in [9.17, 15) is 8.78 Å². The molecule has 1 fully saturated rings. The summed E-state index contributed by atoms with van der Waals surface area (Å²) in [6.07, 6.45) is 7.86. The molecule has 0 saturated heterocycles. The number of halogens is 2. The summed E-state index contributed by atoms with van der Waals surface area (Å²) in [5.74, 6) is 0.375. The number of hydrogen-bond acceptors (Lipinski definition) is 0. The van der Waals surface area contributed by atoms with Gasteiger partial charge in [0.2, 0.25) is 0 Å². The molecule has 0 N–H and O–H groups in total. The van der Waals surface area contributed by atoms with Crippen LogP contribution >= 0.6 is 0 Å². The molecule has 162 valence electrons. The molecule has 0 heterocycles. The molecule has 3 aromatic carbocycles. The summed E-state index contributed by atoms with van der Waals surface area (Å²) in [5, 5.41) is 0. The molecular formula is C29H32F2. The van der Waals surface area contributed by atoms with E-state index in [1.807, 2.05) is 0 Å². The first-order valence-corrected chi connectivity index (χ1v) is 11.7. The molecule has 1 aliphatic rings. The Labute approximate surface area is 185 Å². The van der Waals surface area contributed by atoms with E-state index < -0.39 is 11.6 Å². The average Bonchev–Trinajstić information content (AvgIpc) is 2.81. The molecule has 0 nitrogen and oxygen atoms in total. The van der Waals surface area contributed by atoms with Gasteiger partial charge in [-0.05, 0) is 97.1 Å². The van der Waals surface area contributed by atoms with Crippen LogP contribution in [0.4, 0.5) is 8.78 Å². The first-order valence-electron chi connectivity index (χ1n) is 11.7. The molecule has 0 aliphatic heterocycles. The van der Waals surface area contributed by atoms with Gasteiger partial charge in [-0.1, -0.05) is 67.6 Å². The highest BCUT2D eigenvalue weighted by atomic mass is 19.2. The van der Waals surface area contributed by atoms with Crippen LogP contribution in [0.2, 0.25) is 0 Å². The molecule has 3 aromatic rings. The van der Waals surface area contributed by atoms with Gasteiger partial charge in [-0.25, -0.2) is 8.78 Å². The standard InChI is InChI=1S/C29H32F2/c1-21(25-5-3-2-4-6-25)19-23-11-16-27(17-12-23)26-14-9-22(10-15-26)7-8-24-13-18-28(30)29(31)20-24/h2-6,11-13,16-18,20-22,26H,7-10,14-15,19H2,1H3/t21-,22?,26?/m0/s1. The molecule has 1 aliphatic carbocycles. The predicted octanol–water partition coefficient (Wildman–Crippen LogP) is 8.22. The van der Waals surface area contributed by atoms with Crippen LogP contribution in [0.5, 0.6) is 0 Å². The minimum atomic E-state index is -0.759. The van der Waals surface area contributed by atoms with Gasteiger partial charge in [0.1, 0.15) is 0 Å². The van der Waals surface area contributed by atoms with Crippen LogP contribution < -0.4 is 0 Å². The minimum Gasteiger partial charge on any atom is -0.204 e. The summed E-state index contributed by atoms with van der Waals surface area (Å²) < 4.78 is 26.5. The average molecular weight is 419 g/mol. The van der Waals surface area contributed by atoms with Crippen molar-refractivity contribution in [3.8, 4) is 0 Å². The van der Waals surface area contributed by atoms with E-state index in [-0.39, 0.29) is 0 Å². The van der Waals surface area contributed by atoms with E-state index in [1.54, 1.807) is 6.07 Å². The molecule has 0 amide bonds. The van der Waals surface area contributed by atoms with E-state index in [0.717, 1.165) is 24.8 Å². The highest BCUT2D eigenvalue weighted by molar-refractivity contribution is 5.28. The van der Waals surface area contributed by atoms with Gasteiger partial charge in [0.25, 0.3) is 0 Å². The van der Waals surface area contributed by atoms with Crippen LogP contribution in [-0.2, 0) is 12.8 Å². The Kier molecular flexibility index (Phi) is 7.17. The lowest BCUT2D eigenvalue weighted by Gasteiger charge is -2.29. The summed E-state index contributed by atoms with van der Waals surface area (Å²) in [4.78, 5) is 0. The van der Waals surface area contributed by atoms with Gasteiger partial charge >= 0.3 is 0 Å². The van der Waals surface area contributed by atoms with Crippen molar-refractivity contribution >= 4 is 0 Å². The van der Waals surface area contributed by atoms with E-state index >= 15 is 0 Å². The maximum atomic E-state index is 13.4. The van der Waals surface area contributed by atoms with E-state index in [0.29, 0.717) is 17.8 Å². The second-order valence-electron chi connectivity index (χ2n) is 9.26. The maximum absolute atomic E-state index is 13.4. The van der Waals surface area contributed by atoms with Gasteiger partial charge in [0.15, 0.2) is 11.6 Å². The number of benzene rings is 3. The molecule has 0 spiro atoms. The quantitative estimate of drug-likeness (QED) is 0.362. The third kappa shape index (κ3) is 5.81. The lowest BCUT2D eigenvalue weighted by molar-refractivity contribution is 0.310. The molecule has 31 heavy (non-hydrogen) atoms. The Balaban J connectivity index is 1.25. The Morgan fingerprint density at radius 2 is 1.45 bits per heavy atom. The van der Waals surface area contributed by atoms with E-state index in [2.05, 4.69) is 61.5 Å². The third-order valence-corrected chi connectivity index (χ3v) is 7.03. The fourth-order valence-corrected chi connectivity index (χ4v) is 5.03. The van der Waals surface area contributed by atoms with Crippen molar-refractivity contribution in [2.45, 2.75) is 63.7 Å². The van der Waals surface area contributed by atoms with Crippen molar-refractivity contribution in [1.29, 1.82) is 0 Å². The lowest BCUT2D eigenvalue weighted by atomic mass is 9.76. The maximum Gasteiger partial charge on any atom is 0.159 e. The van der Waals surface area contributed by atoms with Gasteiger partial charge in [0, 0.05) is 0 Å². The Morgan fingerprint density at radius 3 is 2.13 bits per heavy atom. The number of rotatable bonds is 7. The zero-order chi connectivity index (χ0) is 21.6. The zero-order valence-electron chi connectivity index (χ0n) is 18.4. The SMILES string of the molecule is C[C@@H](Cc1ccc(C2CCC(CCc3ccc(F)c(F)c3)CC2)cc1)c1ccccc1. The molecule has 1 saturated carbocycles. The van der Waals surface area contributed by atoms with Crippen LogP contribution in [0.25, 0.3) is 0 Å². The Hall–Kier alpha value is -2.48. The van der Waals surface area contributed by atoms with E-state index in [4.69, 9.17) is 0 Å². The second-order valence-corrected chi connectivity index (χ2v) is 9.26. The van der Waals surface area contributed by atoms with Crippen molar-refractivity contribution in [1.82, 2.24) is 0 Å². The highest BCUT2D eigenvalue weighted by Gasteiger charge is 2.22. The van der Waals surface area contributed by atoms with Crippen molar-refractivity contribution in [2.75, 3.05) is 0 Å². The fourth-order valence-electron chi connectivity index (χ4n) is 5.03. The summed E-state index contributed by atoms with van der Waals surface area (Å²) in [6.45, 7) is 2.30. The van der Waals surface area contributed by atoms with Crippen LogP contribution in [0.15, 0.2) is 72.8 Å². The second kappa shape index (κ2) is 10.2. The third-order valence-electron chi connectivity index (χ3n) is 7.03. The molecule has 0 aromatic heterocycles. The van der Waals surface area contributed by atoms with Crippen LogP contribution in [0.1, 0.15) is 73.1 Å². The van der Waals surface area contributed by atoms with Gasteiger partial charge in [0.05, 0.1) is 0 Å². The molecule has 4 rings (SSSR count). The van der Waals surface area contributed by atoms with Gasteiger partial charge < -0.3 is 0 Å². The van der Waals surface area contributed by atoms with Crippen LogP contribution in [-0.4, -0.2) is 0 Å². The van der Waals surface area contributed by atoms with Crippen LogP contribution in [0, 0.1) is 17.6 Å². The largest absolute Gasteiger partial charge is 0.204 e. The first-order chi connectivity index (χ1) is 15.1.